The topological polar surface area (TPSA) is 32.3 Å². The molecule has 2 nitrogen and oxygen atoms in total. The molecule has 0 aromatic heterocycles. The molecule has 12 heavy (non-hydrogen) atoms. The summed E-state index contributed by atoms with van der Waals surface area (Å²) >= 11 is 0. The van der Waals surface area contributed by atoms with Crippen molar-refractivity contribution in [1.82, 2.24) is 5.32 Å². The molecule has 0 bridgehead atoms. The second-order valence-electron chi connectivity index (χ2n) is 4.49. The van der Waals surface area contributed by atoms with Gasteiger partial charge >= 0.3 is 0 Å². The van der Waals surface area contributed by atoms with E-state index in [1.54, 1.807) is 0 Å². The van der Waals surface area contributed by atoms with Crippen LogP contribution >= 0.6 is 0 Å². The molecule has 0 heterocycles. The van der Waals surface area contributed by atoms with Crippen molar-refractivity contribution in [2.24, 2.45) is 0 Å². The van der Waals surface area contributed by atoms with Crippen molar-refractivity contribution >= 4 is 0 Å². The summed E-state index contributed by atoms with van der Waals surface area (Å²) in [6.45, 7) is 6.56. The maximum Gasteiger partial charge on any atom is 0.0693 e. The van der Waals surface area contributed by atoms with Gasteiger partial charge in [0.05, 0.1) is 6.10 Å². The van der Waals surface area contributed by atoms with Crippen LogP contribution in [0.15, 0.2) is 0 Å². The lowest BCUT2D eigenvalue weighted by Gasteiger charge is -2.30. The SMILES string of the molecule is CCC(C)(C)N[C@H]1CCC[C@@H]1O. The molecule has 0 aliphatic heterocycles. The minimum atomic E-state index is -0.115. The first-order valence-electron chi connectivity index (χ1n) is 5.01. The van der Waals surface area contributed by atoms with Crippen LogP contribution in [-0.4, -0.2) is 22.8 Å². The monoisotopic (exact) mass is 171 g/mol. The highest BCUT2D eigenvalue weighted by Gasteiger charge is 2.29. The van der Waals surface area contributed by atoms with Gasteiger partial charge in [-0.25, -0.2) is 0 Å². The zero-order chi connectivity index (χ0) is 9.19. The fourth-order valence-corrected chi connectivity index (χ4v) is 1.71. The van der Waals surface area contributed by atoms with Crippen LogP contribution in [0.1, 0.15) is 46.5 Å². The van der Waals surface area contributed by atoms with E-state index < -0.39 is 0 Å². The Kier molecular flexibility index (Phi) is 3.13. The van der Waals surface area contributed by atoms with E-state index in [1.807, 2.05) is 0 Å². The molecule has 1 saturated carbocycles. The number of hydrogen-bond acceptors (Lipinski definition) is 2. The summed E-state index contributed by atoms with van der Waals surface area (Å²) in [5.41, 5.74) is 0.177. The molecule has 0 unspecified atom stereocenters. The zero-order valence-electron chi connectivity index (χ0n) is 8.43. The average molecular weight is 171 g/mol. The molecule has 0 aromatic rings. The van der Waals surface area contributed by atoms with Crippen LogP contribution in [0.2, 0.25) is 0 Å². The van der Waals surface area contributed by atoms with Crippen molar-refractivity contribution in [3.05, 3.63) is 0 Å². The summed E-state index contributed by atoms with van der Waals surface area (Å²) in [5.74, 6) is 0. The number of nitrogens with one attached hydrogen (secondary N) is 1. The van der Waals surface area contributed by atoms with E-state index in [0.29, 0.717) is 6.04 Å². The molecule has 0 spiro atoms. The second kappa shape index (κ2) is 3.75. The van der Waals surface area contributed by atoms with Crippen LogP contribution < -0.4 is 5.32 Å². The van der Waals surface area contributed by atoms with Gasteiger partial charge in [-0.15, -0.1) is 0 Å². The summed E-state index contributed by atoms with van der Waals surface area (Å²) in [4.78, 5) is 0. The van der Waals surface area contributed by atoms with Gasteiger partial charge in [0.2, 0.25) is 0 Å². The van der Waals surface area contributed by atoms with Gasteiger partial charge in [-0.2, -0.15) is 0 Å². The Balaban J connectivity index is 2.39. The van der Waals surface area contributed by atoms with E-state index in [9.17, 15) is 5.11 Å². The summed E-state index contributed by atoms with van der Waals surface area (Å²) in [6.07, 6.45) is 4.26. The summed E-state index contributed by atoms with van der Waals surface area (Å²) < 4.78 is 0. The Labute approximate surface area is 75.4 Å². The standard InChI is InChI=1S/C10H21NO/c1-4-10(2,3)11-8-6-5-7-9(8)12/h8-9,11-12H,4-7H2,1-3H3/t8-,9-/m0/s1. The van der Waals surface area contributed by atoms with E-state index in [-0.39, 0.29) is 11.6 Å². The highest BCUT2D eigenvalue weighted by Crippen LogP contribution is 2.22. The molecule has 1 aliphatic carbocycles. The molecular weight excluding hydrogens is 150 g/mol. The highest BCUT2D eigenvalue weighted by molar-refractivity contribution is 4.88. The van der Waals surface area contributed by atoms with E-state index in [0.717, 1.165) is 19.3 Å². The molecule has 72 valence electrons. The van der Waals surface area contributed by atoms with Crippen LogP contribution in [-0.2, 0) is 0 Å². The zero-order valence-corrected chi connectivity index (χ0v) is 8.43. The lowest BCUT2D eigenvalue weighted by atomic mass is 9.99. The van der Waals surface area contributed by atoms with E-state index in [4.69, 9.17) is 0 Å². The minimum absolute atomic E-state index is 0.115. The molecule has 2 N–H and O–H groups in total. The van der Waals surface area contributed by atoms with Gasteiger partial charge in [0.1, 0.15) is 0 Å². The van der Waals surface area contributed by atoms with E-state index in [2.05, 4.69) is 26.1 Å². The van der Waals surface area contributed by atoms with Crippen LogP contribution in [0.25, 0.3) is 0 Å². The molecule has 0 aromatic carbocycles. The van der Waals surface area contributed by atoms with Crippen LogP contribution in [0.4, 0.5) is 0 Å². The Morgan fingerprint density at radius 3 is 2.50 bits per heavy atom. The Bertz CT molecular complexity index is 145. The maximum atomic E-state index is 9.59. The third-order valence-electron chi connectivity index (χ3n) is 2.94. The van der Waals surface area contributed by atoms with E-state index in [1.165, 1.54) is 6.42 Å². The lowest BCUT2D eigenvalue weighted by molar-refractivity contribution is 0.131. The first kappa shape index (κ1) is 10.0. The molecule has 0 amide bonds. The van der Waals surface area contributed by atoms with Crippen LogP contribution in [0.3, 0.4) is 0 Å². The predicted octanol–water partition coefficient (Wildman–Crippen LogP) is 1.68. The van der Waals surface area contributed by atoms with Gasteiger partial charge in [0.25, 0.3) is 0 Å². The highest BCUT2D eigenvalue weighted by atomic mass is 16.3. The number of hydrogen-bond donors (Lipinski definition) is 2. The van der Waals surface area contributed by atoms with Gasteiger partial charge in [-0.3, -0.25) is 0 Å². The molecule has 1 aliphatic rings. The number of aliphatic hydroxyl groups excluding tert-OH is 1. The van der Waals surface area contributed by atoms with Crippen molar-refractivity contribution in [2.45, 2.75) is 64.1 Å². The molecule has 1 rings (SSSR count). The Hall–Kier alpha value is -0.0800. The second-order valence-corrected chi connectivity index (χ2v) is 4.49. The van der Waals surface area contributed by atoms with Crippen molar-refractivity contribution in [2.75, 3.05) is 0 Å². The molecule has 0 radical (unpaired) electrons. The molecule has 1 fully saturated rings. The molecule has 2 atom stereocenters. The largest absolute Gasteiger partial charge is 0.392 e. The van der Waals surface area contributed by atoms with Crippen molar-refractivity contribution < 1.29 is 5.11 Å². The quantitative estimate of drug-likeness (QED) is 0.677. The predicted molar refractivity (Wildman–Crippen MR) is 51.2 cm³/mol. The third-order valence-corrected chi connectivity index (χ3v) is 2.94. The first-order chi connectivity index (χ1) is 5.55. The third kappa shape index (κ3) is 2.46. The fraction of sp³-hybridized carbons (Fsp3) is 1.00. The maximum absolute atomic E-state index is 9.59. The van der Waals surface area contributed by atoms with Crippen LogP contribution in [0.5, 0.6) is 0 Å². The normalized spacial score (nSPS) is 31.0. The summed E-state index contributed by atoms with van der Waals surface area (Å²) in [5, 5.41) is 13.1. The summed E-state index contributed by atoms with van der Waals surface area (Å²) in [7, 11) is 0. The molecular formula is C10H21NO. The van der Waals surface area contributed by atoms with Gasteiger partial charge in [-0.05, 0) is 39.5 Å². The molecule has 0 saturated heterocycles. The minimum Gasteiger partial charge on any atom is -0.392 e. The van der Waals surface area contributed by atoms with Crippen LogP contribution in [0, 0.1) is 0 Å². The molecule has 2 heteroatoms. The average Bonchev–Trinajstić information content (AvgIpc) is 2.36. The fourth-order valence-electron chi connectivity index (χ4n) is 1.71. The van der Waals surface area contributed by atoms with Gasteiger partial charge in [0.15, 0.2) is 0 Å². The van der Waals surface area contributed by atoms with Gasteiger partial charge in [0, 0.05) is 11.6 Å². The smallest absolute Gasteiger partial charge is 0.0693 e. The number of rotatable bonds is 3. The Morgan fingerprint density at radius 1 is 1.42 bits per heavy atom. The lowest BCUT2D eigenvalue weighted by Crippen LogP contribution is -2.48. The number of aliphatic hydroxyl groups is 1. The summed E-state index contributed by atoms with van der Waals surface area (Å²) in [6, 6.07) is 0.333. The van der Waals surface area contributed by atoms with Gasteiger partial charge < -0.3 is 10.4 Å². The van der Waals surface area contributed by atoms with Gasteiger partial charge in [-0.1, -0.05) is 6.92 Å². The van der Waals surface area contributed by atoms with Crippen molar-refractivity contribution in [1.29, 1.82) is 0 Å². The van der Waals surface area contributed by atoms with Crippen molar-refractivity contribution in [3.8, 4) is 0 Å². The Morgan fingerprint density at radius 2 is 2.08 bits per heavy atom. The van der Waals surface area contributed by atoms with E-state index >= 15 is 0 Å². The van der Waals surface area contributed by atoms with Crippen molar-refractivity contribution in [3.63, 3.8) is 0 Å². The first-order valence-corrected chi connectivity index (χ1v) is 5.01.